The monoisotopic (exact) mass is 369 g/mol. The molecule has 0 aliphatic heterocycles. The van der Waals surface area contributed by atoms with E-state index in [1.54, 1.807) is 37.6 Å². The number of methoxy groups -OCH3 is 1. The van der Waals surface area contributed by atoms with Crippen LogP contribution in [0, 0.1) is 0 Å². The summed E-state index contributed by atoms with van der Waals surface area (Å²) in [6, 6.07) is 15.2. The number of rotatable bonds is 6. The van der Waals surface area contributed by atoms with Gasteiger partial charge in [-0.3, -0.25) is 0 Å². The first-order chi connectivity index (χ1) is 12.5. The number of aromatic nitrogens is 2. The molecule has 26 heavy (non-hydrogen) atoms. The molecule has 6 nitrogen and oxygen atoms in total. The van der Waals surface area contributed by atoms with Gasteiger partial charge in [-0.15, -0.1) is 0 Å². The molecule has 7 heteroatoms. The molecule has 0 unspecified atom stereocenters. The fraction of sp³-hybridized carbons (Fsp3) is 0.158. The third kappa shape index (κ3) is 4.34. The number of benzene rings is 2. The van der Waals surface area contributed by atoms with Crippen molar-refractivity contribution in [2.45, 2.75) is 0 Å². The van der Waals surface area contributed by atoms with E-state index in [9.17, 15) is 0 Å². The summed E-state index contributed by atoms with van der Waals surface area (Å²) in [5, 5.41) is 7.01. The normalized spacial score (nSPS) is 10.3. The van der Waals surface area contributed by atoms with Crippen LogP contribution in [-0.4, -0.2) is 31.2 Å². The van der Waals surface area contributed by atoms with E-state index in [1.165, 1.54) is 0 Å². The number of hydrogen-bond acceptors (Lipinski definition) is 6. The number of hydrogen-bond donors (Lipinski definition) is 2. The Morgan fingerprint density at radius 1 is 1.00 bits per heavy atom. The molecule has 0 spiro atoms. The van der Waals surface area contributed by atoms with Gasteiger partial charge >= 0.3 is 0 Å². The minimum Gasteiger partial charge on any atom is -0.495 e. The van der Waals surface area contributed by atoms with E-state index in [0.717, 1.165) is 11.4 Å². The lowest BCUT2D eigenvalue weighted by Crippen LogP contribution is -2.08. The highest BCUT2D eigenvalue weighted by Gasteiger charge is 2.07. The van der Waals surface area contributed by atoms with Crippen molar-refractivity contribution < 1.29 is 4.74 Å². The molecular formula is C19H20ClN5O. The van der Waals surface area contributed by atoms with E-state index in [1.807, 2.05) is 38.4 Å². The zero-order valence-electron chi connectivity index (χ0n) is 14.8. The van der Waals surface area contributed by atoms with Crippen molar-refractivity contribution in [2.24, 2.45) is 0 Å². The molecule has 0 aliphatic carbocycles. The van der Waals surface area contributed by atoms with Gasteiger partial charge in [-0.05, 0) is 48.5 Å². The molecule has 3 aromatic rings. The molecule has 0 aliphatic rings. The highest BCUT2D eigenvalue weighted by molar-refractivity contribution is 6.31. The second-order valence-corrected chi connectivity index (χ2v) is 6.24. The van der Waals surface area contributed by atoms with E-state index in [-0.39, 0.29) is 0 Å². The summed E-state index contributed by atoms with van der Waals surface area (Å²) in [5.41, 5.74) is 2.78. The third-order valence-electron chi connectivity index (χ3n) is 3.72. The van der Waals surface area contributed by atoms with Crippen LogP contribution in [0.1, 0.15) is 0 Å². The standard InChI is InChI=1S/C19H20ClN5O/c1-25(2)15-7-5-14(6-8-15)22-18-10-11-21-19(24-18)23-16-12-13(20)4-9-17(16)26-3/h4-12H,1-3H3,(H2,21,22,23,24). The van der Waals surface area contributed by atoms with Crippen molar-refractivity contribution >= 4 is 40.4 Å². The van der Waals surface area contributed by atoms with Crippen LogP contribution < -0.4 is 20.3 Å². The number of ether oxygens (including phenoxy) is 1. The maximum absolute atomic E-state index is 6.06. The highest BCUT2D eigenvalue weighted by Crippen LogP contribution is 2.29. The van der Waals surface area contributed by atoms with Crippen LogP contribution in [0.4, 0.5) is 28.8 Å². The first-order valence-corrected chi connectivity index (χ1v) is 8.41. The van der Waals surface area contributed by atoms with Crippen molar-refractivity contribution in [1.29, 1.82) is 0 Å². The Kier molecular flexibility index (Phi) is 5.43. The van der Waals surface area contributed by atoms with Crippen LogP contribution in [0.15, 0.2) is 54.7 Å². The summed E-state index contributed by atoms with van der Waals surface area (Å²) in [6.07, 6.45) is 1.68. The van der Waals surface area contributed by atoms with Crippen LogP contribution in [0.2, 0.25) is 5.02 Å². The van der Waals surface area contributed by atoms with E-state index in [2.05, 4.69) is 25.5 Å². The quantitative estimate of drug-likeness (QED) is 0.657. The van der Waals surface area contributed by atoms with Crippen LogP contribution in [-0.2, 0) is 0 Å². The summed E-state index contributed by atoms with van der Waals surface area (Å²) in [5.74, 6) is 1.79. The van der Waals surface area contributed by atoms with E-state index in [4.69, 9.17) is 16.3 Å². The predicted octanol–water partition coefficient (Wildman–Crippen LogP) is 4.69. The fourth-order valence-corrected chi connectivity index (χ4v) is 2.55. The first-order valence-electron chi connectivity index (χ1n) is 8.03. The maximum atomic E-state index is 6.06. The molecule has 0 fully saturated rings. The molecule has 0 saturated carbocycles. The Morgan fingerprint density at radius 2 is 1.77 bits per heavy atom. The van der Waals surface area contributed by atoms with E-state index >= 15 is 0 Å². The lowest BCUT2D eigenvalue weighted by molar-refractivity contribution is 0.417. The van der Waals surface area contributed by atoms with Gasteiger partial charge in [0.15, 0.2) is 0 Å². The Labute approximate surface area is 157 Å². The van der Waals surface area contributed by atoms with Gasteiger partial charge in [-0.25, -0.2) is 4.98 Å². The van der Waals surface area contributed by atoms with Crippen LogP contribution in [0.3, 0.4) is 0 Å². The zero-order valence-corrected chi connectivity index (χ0v) is 15.6. The summed E-state index contributed by atoms with van der Waals surface area (Å²) in [7, 11) is 5.62. The Balaban J connectivity index is 1.77. The van der Waals surface area contributed by atoms with E-state index in [0.29, 0.717) is 28.2 Å². The number of nitrogens with one attached hydrogen (secondary N) is 2. The summed E-state index contributed by atoms with van der Waals surface area (Å²) in [6.45, 7) is 0. The van der Waals surface area contributed by atoms with Gasteiger partial charge in [-0.2, -0.15) is 4.98 Å². The van der Waals surface area contributed by atoms with Crippen molar-refractivity contribution in [2.75, 3.05) is 36.7 Å². The minimum atomic E-state index is 0.445. The van der Waals surface area contributed by atoms with Gasteiger partial charge < -0.3 is 20.3 Å². The van der Waals surface area contributed by atoms with Crippen LogP contribution in [0.5, 0.6) is 5.75 Å². The lowest BCUT2D eigenvalue weighted by atomic mass is 10.2. The fourth-order valence-electron chi connectivity index (χ4n) is 2.38. The van der Waals surface area contributed by atoms with Crippen molar-refractivity contribution in [3.63, 3.8) is 0 Å². The highest BCUT2D eigenvalue weighted by atomic mass is 35.5. The molecule has 0 saturated heterocycles. The molecular weight excluding hydrogens is 350 g/mol. The van der Waals surface area contributed by atoms with E-state index < -0.39 is 0 Å². The topological polar surface area (TPSA) is 62.3 Å². The minimum absolute atomic E-state index is 0.445. The van der Waals surface area contributed by atoms with Crippen LogP contribution in [0.25, 0.3) is 0 Å². The molecule has 134 valence electrons. The Hall–Kier alpha value is -2.99. The molecule has 2 N–H and O–H groups in total. The Bertz CT molecular complexity index is 883. The molecule has 0 radical (unpaired) electrons. The second kappa shape index (κ2) is 7.93. The predicted molar refractivity (Wildman–Crippen MR) is 107 cm³/mol. The molecule has 0 atom stereocenters. The van der Waals surface area contributed by atoms with Crippen molar-refractivity contribution in [3.05, 3.63) is 59.8 Å². The van der Waals surface area contributed by atoms with Gasteiger partial charge in [0.2, 0.25) is 5.95 Å². The van der Waals surface area contributed by atoms with Gasteiger partial charge in [0, 0.05) is 36.7 Å². The number of nitrogens with zero attached hydrogens (tertiary/aromatic N) is 3. The van der Waals surface area contributed by atoms with Gasteiger partial charge in [-0.1, -0.05) is 11.6 Å². The zero-order chi connectivity index (χ0) is 18.5. The number of anilines is 5. The molecule has 3 rings (SSSR count). The average molecular weight is 370 g/mol. The Morgan fingerprint density at radius 3 is 2.46 bits per heavy atom. The van der Waals surface area contributed by atoms with Gasteiger partial charge in [0.1, 0.15) is 11.6 Å². The molecule has 0 bridgehead atoms. The first kappa shape index (κ1) is 17.8. The van der Waals surface area contributed by atoms with Crippen molar-refractivity contribution in [1.82, 2.24) is 9.97 Å². The average Bonchev–Trinajstić information content (AvgIpc) is 2.63. The third-order valence-corrected chi connectivity index (χ3v) is 3.95. The van der Waals surface area contributed by atoms with Gasteiger partial charge in [0.05, 0.1) is 12.8 Å². The second-order valence-electron chi connectivity index (χ2n) is 5.80. The lowest BCUT2D eigenvalue weighted by Gasteiger charge is -2.14. The summed E-state index contributed by atoms with van der Waals surface area (Å²) in [4.78, 5) is 10.8. The summed E-state index contributed by atoms with van der Waals surface area (Å²) >= 11 is 6.06. The van der Waals surface area contributed by atoms with Crippen LogP contribution >= 0.6 is 11.6 Å². The largest absolute Gasteiger partial charge is 0.495 e. The summed E-state index contributed by atoms with van der Waals surface area (Å²) < 4.78 is 5.33. The maximum Gasteiger partial charge on any atom is 0.229 e. The molecule has 2 aromatic carbocycles. The molecule has 1 heterocycles. The molecule has 1 aromatic heterocycles. The smallest absolute Gasteiger partial charge is 0.229 e. The SMILES string of the molecule is COc1ccc(Cl)cc1Nc1nccc(Nc2ccc(N(C)C)cc2)n1. The number of halogens is 1. The van der Waals surface area contributed by atoms with Gasteiger partial charge in [0.25, 0.3) is 0 Å². The molecule has 0 amide bonds. The van der Waals surface area contributed by atoms with Crippen molar-refractivity contribution in [3.8, 4) is 5.75 Å².